The Bertz CT molecular complexity index is 454. The second-order valence-electron chi connectivity index (χ2n) is 5.49. The van der Waals surface area contributed by atoms with Crippen LogP contribution < -0.4 is 15.0 Å². The molecule has 0 radical (unpaired) electrons. The Labute approximate surface area is 127 Å². The number of likely N-dealkylation sites (N-methyl/N-ethyl adjacent to an activating group) is 1. The number of anilines is 2. The van der Waals surface area contributed by atoms with Gasteiger partial charge in [-0.2, -0.15) is 0 Å². The van der Waals surface area contributed by atoms with Gasteiger partial charge in [-0.1, -0.05) is 13.8 Å². The smallest absolute Gasteiger partial charge is 0.204 e. The highest BCUT2D eigenvalue weighted by Gasteiger charge is 2.26. The minimum atomic E-state index is 0.561. The van der Waals surface area contributed by atoms with Crippen molar-refractivity contribution in [2.75, 3.05) is 50.6 Å². The number of piperazine rings is 1. The third-order valence-corrected chi connectivity index (χ3v) is 4.08. The van der Waals surface area contributed by atoms with Gasteiger partial charge in [0.15, 0.2) is 11.6 Å². The Balaban J connectivity index is 2.22. The summed E-state index contributed by atoms with van der Waals surface area (Å²) in [6.07, 6.45) is 3.81. The van der Waals surface area contributed by atoms with Crippen LogP contribution in [0.3, 0.4) is 0 Å². The Hall–Kier alpha value is -1.56. The molecule has 2 heterocycles. The van der Waals surface area contributed by atoms with Crippen molar-refractivity contribution in [2.45, 2.75) is 32.7 Å². The van der Waals surface area contributed by atoms with Crippen molar-refractivity contribution in [3.63, 3.8) is 0 Å². The first-order valence-electron chi connectivity index (χ1n) is 7.79. The van der Waals surface area contributed by atoms with Gasteiger partial charge in [-0.15, -0.1) is 0 Å². The van der Waals surface area contributed by atoms with Crippen molar-refractivity contribution < 1.29 is 4.74 Å². The molecule has 0 bridgehead atoms. The molecule has 0 aliphatic carbocycles. The fourth-order valence-corrected chi connectivity index (χ4v) is 2.73. The van der Waals surface area contributed by atoms with E-state index in [9.17, 15) is 0 Å². The predicted octanol–water partition coefficient (Wildman–Crippen LogP) is 1.84. The standard InChI is InChI=1S/C15H27N5O/c1-5-7-16-14-13(21-4)15(18-11-17-14)20-9-8-19(3)12(6-2)10-20/h11-12H,5-10H2,1-4H3,(H,16,17,18). The number of methoxy groups -OCH3 is 1. The van der Waals surface area contributed by atoms with Crippen LogP contribution in [0.5, 0.6) is 5.75 Å². The highest BCUT2D eigenvalue weighted by molar-refractivity contribution is 5.65. The molecule has 2 rings (SSSR count). The molecule has 1 fully saturated rings. The number of hydrogen-bond acceptors (Lipinski definition) is 6. The zero-order valence-corrected chi connectivity index (χ0v) is 13.6. The molecule has 118 valence electrons. The van der Waals surface area contributed by atoms with Crippen molar-refractivity contribution in [3.05, 3.63) is 6.33 Å². The van der Waals surface area contributed by atoms with E-state index >= 15 is 0 Å². The largest absolute Gasteiger partial charge is 0.490 e. The van der Waals surface area contributed by atoms with Gasteiger partial charge in [0.05, 0.1) is 7.11 Å². The van der Waals surface area contributed by atoms with Crippen LogP contribution >= 0.6 is 0 Å². The van der Waals surface area contributed by atoms with Crippen molar-refractivity contribution in [1.82, 2.24) is 14.9 Å². The summed E-state index contributed by atoms with van der Waals surface area (Å²) >= 11 is 0. The summed E-state index contributed by atoms with van der Waals surface area (Å²) in [6, 6.07) is 0.561. The molecule has 1 saturated heterocycles. The molecular weight excluding hydrogens is 266 g/mol. The minimum Gasteiger partial charge on any atom is -0.490 e. The van der Waals surface area contributed by atoms with Crippen molar-refractivity contribution in [1.29, 1.82) is 0 Å². The van der Waals surface area contributed by atoms with Crippen LogP contribution in [0, 0.1) is 0 Å². The number of ether oxygens (including phenoxy) is 1. The van der Waals surface area contributed by atoms with Crippen LogP contribution in [0.2, 0.25) is 0 Å². The van der Waals surface area contributed by atoms with Gasteiger partial charge >= 0.3 is 0 Å². The lowest BCUT2D eigenvalue weighted by molar-refractivity contribution is 0.212. The van der Waals surface area contributed by atoms with Crippen LogP contribution in [0.25, 0.3) is 0 Å². The molecule has 21 heavy (non-hydrogen) atoms. The van der Waals surface area contributed by atoms with E-state index in [0.29, 0.717) is 6.04 Å². The van der Waals surface area contributed by atoms with Gasteiger partial charge in [0.1, 0.15) is 6.33 Å². The van der Waals surface area contributed by atoms with E-state index in [-0.39, 0.29) is 0 Å². The van der Waals surface area contributed by atoms with E-state index in [1.807, 2.05) is 0 Å². The van der Waals surface area contributed by atoms with Gasteiger partial charge < -0.3 is 15.0 Å². The predicted molar refractivity (Wildman–Crippen MR) is 86.3 cm³/mol. The second kappa shape index (κ2) is 7.45. The van der Waals surface area contributed by atoms with Gasteiger partial charge in [-0.05, 0) is 19.9 Å². The fourth-order valence-electron chi connectivity index (χ4n) is 2.73. The van der Waals surface area contributed by atoms with Gasteiger partial charge in [0.25, 0.3) is 0 Å². The Morgan fingerprint density at radius 3 is 2.81 bits per heavy atom. The molecular formula is C15H27N5O. The lowest BCUT2D eigenvalue weighted by atomic mass is 10.1. The van der Waals surface area contributed by atoms with Crippen molar-refractivity contribution in [3.8, 4) is 5.75 Å². The molecule has 6 nitrogen and oxygen atoms in total. The third-order valence-electron chi connectivity index (χ3n) is 4.08. The Morgan fingerprint density at radius 2 is 2.14 bits per heavy atom. The Kier molecular flexibility index (Phi) is 5.61. The summed E-state index contributed by atoms with van der Waals surface area (Å²) in [4.78, 5) is 13.5. The van der Waals surface area contributed by atoms with Gasteiger partial charge in [0.2, 0.25) is 5.75 Å². The number of nitrogens with one attached hydrogen (secondary N) is 1. The molecule has 1 aromatic heterocycles. The van der Waals surface area contributed by atoms with E-state index in [1.54, 1.807) is 13.4 Å². The van der Waals surface area contributed by atoms with E-state index in [1.165, 1.54) is 0 Å². The van der Waals surface area contributed by atoms with Crippen molar-refractivity contribution in [2.24, 2.45) is 0 Å². The lowest BCUT2D eigenvalue weighted by Gasteiger charge is -2.40. The number of rotatable bonds is 6. The zero-order chi connectivity index (χ0) is 15.2. The van der Waals surface area contributed by atoms with Gasteiger partial charge in [-0.3, -0.25) is 4.90 Å². The van der Waals surface area contributed by atoms with E-state index in [4.69, 9.17) is 4.74 Å². The van der Waals surface area contributed by atoms with Crippen LogP contribution in [0.1, 0.15) is 26.7 Å². The molecule has 0 amide bonds. The Morgan fingerprint density at radius 1 is 1.33 bits per heavy atom. The summed E-state index contributed by atoms with van der Waals surface area (Å²) < 4.78 is 5.58. The highest BCUT2D eigenvalue weighted by atomic mass is 16.5. The molecule has 0 spiro atoms. The van der Waals surface area contributed by atoms with Crippen LogP contribution in [-0.4, -0.2) is 61.2 Å². The van der Waals surface area contributed by atoms with Gasteiger partial charge in [0, 0.05) is 32.2 Å². The lowest BCUT2D eigenvalue weighted by Crippen LogP contribution is -2.51. The first-order chi connectivity index (χ1) is 10.2. The fraction of sp³-hybridized carbons (Fsp3) is 0.733. The molecule has 1 atom stereocenters. The maximum Gasteiger partial charge on any atom is 0.204 e. The van der Waals surface area contributed by atoms with E-state index < -0.39 is 0 Å². The summed E-state index contributed by atoms with van der Waals surface area (Å²) in [6.45, 7) is 8.24. The maximum atomic E-state index is 5.58. The third kappa shape index (κ3) is 3.56. The number of hydrogen-bond donors (Lipinski definition) is 1. The van der Waals surface area contributed by atoms with Crippen LogP contribution in [-0.2, 0) is 0 Å². The SMILES string of the molecule is CCCNc1ncnc(N2CCN(C)C(CC)C2)c1OC. The topological polar surface area (TPSA) is 53.5 Å². The molecule has 0 aromatic carbocycles. The van der Waals surface area contributed by atoms with Crippen LogP contribution in [0.4, 0.5) is 11.6 Å². The van der Waals surface area contributed by atoms with E-state index in [0.717, 1.165) is 56.4 Å². The molecule has 6 heteroatoms. The number of nitrogens with zero attached hydrogens (tertiary/aromatic N) is 4. The molecule has 1 aromatic rings. The molecule has 1 aliphatic heterocycles. The monoisotopic (exact) mass is 293 g/mol. The van der Waals surface area contributed by atoms with Crippen LogP contribution in [0.15, 0.2) is 6.33 Å². The normalized spacial score (nSPS) is 19.6. The zero-order valence-electron chi connectivity index (χ0n) is 13.6. The first-order valence-corrected chi connectivity index (χ1v) is 7.79. The molecule has 1 unspecified atom stereocenters. The second-order valence-corrected chi connectivity index (χ2v) is 5.49. The summed E-state index contributed by atoms with van der Waals surface area (Å²) in [5.41, 5.74) is 0. The minimum absolute atomic E-state index is 0.561. The van der Waals surface area contributed by atoms with Crippen molar-refractivity contribution >= 4 is 11.6 Å². The molecule has 1 aliphatic rings. The first kappa shape index (κ1) is 15.8. The number of aromatic nitrogens is 2. The molecule has 1 N–H and O–H groups in total. The average molecular weight is 293 g/mol. The van der Waals surface area contributed by atoms with Gasteiger partial charge in [-0.25, -0.2) is 9.97 Å². The summed E-state index contributed by atoms with van der Waals surface area (Å²) in [5, 5.41) is 3.31. The molecule has 0 saturated carbocycles. The maximum absolute atomic E-state index is 5.58. The van der Waals surface area contributed by atoms with E-state index in [2.05, 4.69) is 46.0 Å². The summed E-state index contributed by atoms with van der Waals surface area (Å²) in [5.74, 6) is 2.44. The average Bonchev–Trinajstić information content (AvgIpc) is 2.53. The quantitative estimate of drug-likeness (QED) is 0.864. The summed E-state index contributed by atoms with van der Waals surface area (Å²) in [7, 11) is 3.88. The highest BCUT2D eigenvalue weighted by Crippen LogP contribution is 2.33.